The summed E-state index contributed by atoms with van der Waals surface area (Å²) in [6.07, 6.45) is -0.237. The maximum Gasteiger partial charge on any atom is 0.162 e. The Morgan fingerprint density at radius 2 is 1.81 bits per heavy atom. The quantitative estimate of drug-likeness (QED) is 0.857. The summed E-state index contributed by atoms with van der Waals surface area (Å²) in [5, 5.41) is 9.16. The second-order valence-electron chi connectivity index (χ2n) is 4.90. The molecule has 2 aromatic rings. The molecular formula is C17H21NO3. The van der Waals surface area contributed by atoms with E-state index in [2.05, 4.69) is 0 Å². The van der Waals surface area contributed by atoms with Crippen molar-refractivity contribution in [3.8, 4) is 11.5 Å². The van der Waals surface area contributed by atoms with E-state index >= 15 is 0 Å². The molecule has 4 nitrogen and oxygen atoms in total. The van der Waals surface area contributed by atoms with Gasteiger partial charge in [0.05, 0.1) is 13.7 Å². The lowest BCUT2D eigenvalue weighted by Crippen LogP contribution is -2.18. The van der Waals surface area contributed by atoms with Gasteiger partial charge >= 0.3 is 0 Å². The van der Waals surface area contributed by atoms with Crippen molar-refractivity contribution in [3.05, 3.63) is 59.2 Å². The summed E-state index contributed by atoms with van der Waals surface area (Å²) in [7, 11) is 1.58. The predicted molar refractivity (Wildman–Crippen MR) is 82.5 cm³/mol. The first-order valence-corrected chi connectivity index (χ1v) is 6.89. The highest BCUT2D eigenvalue weighted by atomic mass is 16.5. The molecule has 0 spiro atoms. The zero-order chi connectivity index (χ0) is 15.2. The number of aryl methyl sites for hydroxylation is 1. The summed E-state index contributed by atoms with van der Waals surface area (Å²) in [6.45, 7) is 2.38. The van der Waals surface area contributed by atoms with E-state index in [1.807, 2.05) is 31.2 Å². The van der Waals surface area contributed by atoms with Gasteiger partial charge in [-0.2, -0.15) is 0 Å². The standard InChI is InChI=1S/C17H21NO3/c1-12-3-6-14(7-4-12)17(10-18)21-15-8-5-13(11-19)9-16(15)20-2/h3-9,17,19H,10-11,18H2,1-2H3. The van der Waals surface area contributed by atoms with E-state index in [4.69, 9.17) is 20.3 Å². The normalized spacial score (nSPS) is 12.0. The minimum absolute atomic E-state index is 0.0328. The van der Waals surface area contributed by atoms with Crippen LogP contribution in [-0.2, 0) is 6.61 Å². The molecular weight excluding hydrogens is 266 g/mol. The second-order valence-corrected chi connectivity index (χ2v) is 4.90. The van der Waals surface area contributed by atoms with Crippen LogP contribution >= 0.6 is 0 Å². The van der Waals surface area contributed by atoms with Gasteiger partial charge in [0.25, 0.3) is 0 Å². The molecule has 0 saturated heterocycles. The van der Waals surface area contributed by atoms with E-state index in [9.17, 15) is 0 Å². The average Bonchev–Trinajstić information content (AvgIpc) is 2.53. The molecule has 0 amide bonds. The van der Waals surface area contributed by atoms with Crippen LogP contribution in [0.25, 0.3) is 0 Å². The van der Waals surface area contributed by atoms with Gasteiger partial charge in [0.1, 0.15) is 6.10 Å². The number of hydrogen-bond donors (Lipinski definition) is 2. The number of benzene rings is 2. The summed E-state index contributed by atoms with van der Waals surface area (Å²) in [6, 6.07) is 13.5. The summed E-state index contributed by atoms with van der Waals surface area (Å²) in [4.78, 5) is 0. The summed E-state index contributed by atoms with van der Waals surface area (Å²) >= 11 is 0. The highest BCUT2D eigenvalue weighted by molar-refractivity contribution is 5.43. The van der Waals surface area contributed by atoms with E-state index in [-0.39, 0.29) is 12.7 Å². The van der Waals surface area contributed by atoms with Gasteiger partial charge < -0.3 is 20.3 Å². The van der Waals surface area contributed by atoms with Gasteiger partial charge in [-0.15, -0.1) is 0 Å². The molecule has 21 heavy (non-hydrogen) atoms. The Morgan fingerprint density at radius 3 is 2.38 bits per heavy atom. The van der Waals surface area contributed by atoms with Gasteiger partial charge in [0.2, 0.25) is 0 Å². The number of methoxy groups -OCH3 is 1. The first-order chi connectivity index (χ1) is 10.2. The van der Waals surface area contributed by atoms with Crippen LogP contribution in [0.1, 0.15) is 22.8 Å². The minimum Gasteiger partial charge on any atom is -0.493 e. The number of hydrogen-bond acceptors (Lipinski definition) is 4. The third-order valence-corrected chi connectivity index (χ3v) is 3.34. The Bertz CT molecular complexity index is 581. The van der Waals surface area contributed by atoms with Crippen molar-refractivity contribution in [2.75, 3.05) is 13.7 Å². The third-order valence-electron chi connectivity index (χ3n) is 3.34. The predicted octanol–water partition coefficient (Wildman–Crippen LogP) is 2.57. The van der Waals surface area contributed by atoms with Gasteiger partial charge in [0, 0.05) is 6.54 Å². The van der Waals surface area contributed by atoms with Crippen LogP contribution in [0.5, 0.6) is 11.5 Å². The van der Waals surface area contributed by atoms with Crippen molar-refractivity contribution in [1.29, 1.82) is 0 Å². The molecule has 2 aromatic carbocycles. The van der Waals surface area contributed by atoms with Gasteiger partial charge in [-0.3, -0.25) is 0 Å². The molecule has 0 aliphatic heterocycles. The zero-order valence-electron chi connectivity index (χ0n) is 12.4. The van der Waals surface area contributed by atoms with Gasteiger partial charge in [-0.25, -0.2) is 0 Å². The SMILES string of the molecule is COc1cc(CO)ccc1OC(CN)c1ccc(C)cc1. The molecule has 0 saturated carbocycles. The number of aliphatic hydroxyl groups excluding tert-OH is 1. The summed E-state index contributed by atoms with van der Waals surface area (Å²) < 4.78 is 11.3. The number of aliphatic hydroxyl groups is 1. The molecule has 1 unspecified atom stereocenters. The first kappa shape index (κ1) is 15.4. The van der Waals surface area contributed by atoms with Crippen molar-refractivity contribution in [2.45, 2.75) is 19.6 Å². The fraction of sp³-hybridized carbons (Fsp3) is 0.294. The smallest absolute Gasteiger partial charge is 0.162 e. The van der Waals surface area contributed by atoms with Crippen LogP contribution in [0, 0.1) is 6.92 Å². The summed E-state index contributed by atoms with van der Waals surface area (Å²) in [5.74, 6) is 1.21. The maximum atomic E-state index is 9.16. The van der Waals surface area contributed by atoms with E-state index in [1.165, 1.54) is 5.56 Å². The molecule has 0 radical (unpaired) electrons. The zero-order valence-corrected chi connectivity index (χ0v) is 12.4. The van der Waals surface area contributed by atoms with Crippen molar-refractivity contribution in [1.82, 2.24) is 0 Å². The topological polar surface area (TPSA) is 64.7 Å². The van der Waals surface area contributed by atoms with Crippen LogP contribution in [0.2, 0.25) is 0 Å². The highest BCUT2D eigenvalue weighted by Gasteiger charge is 2.14. The minimum atomic E-state index is -0.237. The molecule has 0 aliphatic carbocycles. The largest absolute Gasteiger partial charge is 0.493 e. The maximum absolute atomic E-state index is 9.16. The summed E-state index contributed by atoms with van der Waals surface area (Å²) in [5.41, 5.74) is 8.83. The molecule has 3 N–H and O–H groups in total. The molecule has 1 atom stereocenters. The van der Waals surface area contributed by atoms with Crippen molar-refractivity contribution >= 4 is 0 Å². The molecule has 112 valence electrons. The fourth-order valence-electron chi connectivity index (χ4n) is 2.09. The van der Waals surface area contributed by atoms with Crippen LogP contribution < -0.4 is 15.2 Å². The monoisotopic (exact) mass is 287 g/mol. The van der Waals surface area contributed by atoms with Crippen molar-refractivity contribution in [3.63, 3.8) is 0 Å². The molecule has 0 heterocycles. The molecule has 0 aliphatic rings. The Kier molecular flexibility index (Phi) is 5.20. The van der Waals surface area contributed by atoms with E-state index in [1.54, 1.807) is 25.3 Å². The molecule has 0 aromatic heterocycles. The Hall–Kier alpha value is -2.04. The lowest BCUT2D eigenvalue weighted by Gasteiger charge is -2.20. The lowest BCUT2D eigenvalue weighted by molar-refractivity contribution is 0.204. The number of ether oxygens (including phenoxy) is 2. The van der Waals surface area contributed by atoms with E-state index in [0.29, 0.717) is 18.0 Å². The second kappa shape index (κ2) is 7.11. The highest BCUT2D eigenvalue weighted by Crippen LogP contribution is 2.32. The Morgan fingerprint density at radius 1 is 1.10 bits per heavy atom. The third kappa shape index (κ3) is 3.74. The average molecular weight is 287 g/mol. The van der Waals surface area contributed by atoms with E-state index < -0.39 is 0 Å². The van der Waals surface area contributed by atoms with Crippen molar-refractivity contribution in [2.24, 2.45) is 5.73 Å². The van der Waals surface area contributed by atoms with Gasteiger partial charge in [-0.05, 0) is 30.2 Å². The van der Waals surface area contributed by atoms with Crippen LogP contribution in [-0.4, -0.2) is 18.8 Å². The lowest BCUT2D eigenvalue weighted by atomic mass is 10.1. The van der Waals surface area contributed by atoms with E-state index in [0.717, 1.165) is 11.1 Å². The number of nitrogens with two attached hydrogens (primary N) is 1. The number of rotatable bonds is 6. The molecule has 0 bridgehead atoms. The van der Waals surface area contributed by atoms with Crippen molar-refractivity contribution < 1.29 is 14.6 Å². The van der Waals surface area contributed by atoms with Crippen LogP contribution in [0.3, 0.4) is 0 Å². The molecule has 4 heteroatoms. The van der Waals surface area contributed by atoms with Crippen LogP contribution in [0.4, 0.5) is 0 Å². The first-order valence-electron chi connectivity index (χ1n) is 6.89. The Labute approximate surface area is 125 Å². The molecule has 0 fully saturated rings. The Balaban J connectivity index is 2.24. The van der Waals surface area contributed by atoms with Crippen LogP contribution in [0.15, 0.2) is 42.5 Å². The van der Waals surface area contributed by atoms with Gasteiger partial charge in [0.15, 0.2) is 11.5 Å². The van der Waals surface area contributed by atoms with Gasteiger partial charge in [-0.1, -0.05) is 35.9 Å². The molecule has 2 rings (SSSR count). The fourth-order valence-corrected chi connectivity index (χ4v) is 2.09.